The van der Waals surface area contributed by atoms with Gasteiger partial charge >= 0.3 is 5.97 Å². The Balaban J connectivity index is 1.77. The number of aliphatic hydroxyl groups is 2. The number of esters is 1. The standard InChI is InChI=1S/C23H30O6/c1-13(25)29-23(19(28)12-24)9-7-17-16-5-4-14-10-15(26)6-8-21(14,2)20(16)18(27)11-22(17,23)3/h6,8,10,16-18,20,24,27H,4-5,7,9,11-12H2,1-3H3/t16-,17-,18+,20+,21-,22-,23+/m1/s1. The van der Waals surface area contributed by atoms with Gasteiger partial charge in [-0.3, -0.25) is 14.4 Å². The number of carbonyl (C=O) groups is 3. The largest absolute Gasteiger partial charge is 0.451 e. The van der Waals surface area contributed by atoms with Crippen LogP contribution in [0.3, 0.4) is 0 Å². The van der Waals surface area contributed by atoms with Crippen molar-refractivity contribution in [1.29, 1.82) is 0 Å². The van der Waals surface area contributed by atoms with Crippen molar-refractivity contribution >= 4 is 17.5 Å². The molecule has 2 N–H and O–H groups in total. The molecule has 6 heteroatoms. The van der Waals surface area contributed by atoms with Crippen LogP contribution < -0.4 is 0 Å². The summed E-state index contributed by atoms with van der Waals surface area (Å²) in [6, 6.07) is 0. The lowest BCUT2D eigenvalue weighted by Gasteiger charge is -2.59. The molecule has 4 rings (SSSR count). The van der Waals surface area contributed by atoms with Gasteiger partial charge in [-0.05, 0) is 56.1 Å². The molecule has 4 aliphatic rings. The molecule has 0 aromatic carbocycles. The van der Waals surface area contributed by atoms with E-state index in [-0.39, 0.29) is 29.0 Å². The van der Waals surface area contributed by atoms with E-state index in [1.165, 1.54) is 6.92 Å². The molecule has 0 bridgehead atoms. The zero-order valence-electron chi connectivity index (χ0n) is 17.3. The SMILES string of the molecule is CC(=O)O[C@]1(C(=O)CO)CC[C@@H]2[C@H]3CCC4=CC(=O)C=C[C@@]4(C)[C@@H]3[C@@H](O)C[C@]21C. The number of fused-ring (bicyclic) bond motifs is 5. The summed E-state index contributed by atoms with van der Waals surface area (Å²) in [5.74, 6) is -0.839. The molecule has 4 aliphatic carbocycles. The van der Waals surface area contributed by atoms with Crippen molar-refractivity contribution in [2.45, 2.75) is 64.6 Å². The summed E-state index contributed by atoms with van der Waals surface area (Å²) >= 11 is 0. The van der Waals surface area contributed by atoms with Gasteiger partial charge in [-0.25, -0.2) is 0 Å². The van der Waals surface area contributed by atoms with Crippen LogP contribution >= 0.6 is 0 Å². The number of Topliss-reactive ketones (excluding diaryl/α,β-unsaturated/α-hetero) is 1. The molecule has 29 heavy (non-hydrogen) atoms. The Morgan fingerprint density at radius 2 is 2.00 bits per heavy atom. The molecular formula is C23H30O6. The Morgan fingerprint density at radius 1 is 1.28 bits per heavy atom. The third-order valence-corrected chi connectivity index (χ3v) is 8.53. The number of ketones is 2. The monoisotopic (exact) mass is 402 g/mol. The molecule has 3 fully saturated rings. The third-order valence-electron chi connectivity index (χ3n) is 8.53. The van der Waals surface area contributed by atoms with E-state index >= 15 is 0 Å². The van der Waals surface area contributed by atoms with Crippen molar-refractivity contribution in [1.82, 2.24) is 0 Å². The van der Waals surface area contributed by atoms with Gasteiger partial charge in [0.15, 0.2) is 11.4 Å². The second-order valence-electron chi connectivity index (χ2n) is 9.75. The summed E-state index contributed by atoms with van der Waals surface area (Å²) in [6.45, 7) is 4.63. The van der Waals surface area contributed by atoms with Crippen molar-refractivity contribution in [3.63, 3.8) is 0 Å². The molecule has 158 valence electrons. The highest BCUT2D eigenvalue weighted by Gasteiger charge is 2.70. The smallest absolute Gasteiger partial charge is 0.303 e. The number of carbonyl (C=O) groups excluding carboxylic acids is 3. The quantitative estimate of drug-likeness (QED) is 0.702. The molecular weight excluding hydrogens is 372 g/mol. The fraction of sp³-hybridized carbons (Fsp3) is 0.696. The predicted octanol–water partition coefficient (Wildman–Crippen LogP) is 2.13. The topological polar surface area (TPSA) is 101 Å². The number of hydrogen-bond donors (Lipinski definition) is 2. The van der Waals surface area contributed by atoms with Crippen LogP contribution in [0.4, 0.5) is 0 Å². The van der Waals surface area contributed by atoms with Gasteiger partial charge in [0.25, 0.3) is 0 Å². The Labute approximate surface area is 171 Å². The number of aliphatic hydroxyl groups excluding tert-OH is 2. The Morgan fingerprint density at radius 3 is 2.66 bits per heavy atom. The van der Waals surface area contributed by atoms with Crippen molar-refractivity contribution in [3.8, 4) is 0 Å². The number of hydrogen-bond acceptors (Lipinski definition) is 6. The fourth-order valence-corrected chi connectivity index (χ4v) is 7.37. The zero-order chi connectivity index (χ0) is 21.2. The maximum absolute atomic E-state index is 12.9. The van der Waals surface area contributed by atoms with E-state index in [2.05, 4.69) is 6.92 Å². The molecule has 0 amide bonds. The van der Waals surface area contributed by atoms with Gasteiger partial charge in [0.05, 0.1) is 6.10 Å². The van der Waals surface area contributed by atoms with E-state index in [0.29, 0.717) is 19.3 Å². The van der Waals surface area contributed by atoms with E-state index in [1.54, 1.807) is 12.2 Å². The highest BCUT2D eigenvalue weighted by Crippen LogP contribution is 2.67. The minimum atomic E-state index is -1.39. The second-order valence-corrected chi connectivity index (χ2v) is 9.75. The summed E-state index contributed by atoms with van der Waals surface area (Å²) in [6.07, 6.45) is 7.56. The first-order valence-electron chi connectivity index (χ1n) is 10.5. The molecule has 0 aromatic heterocycles. The van der Waals surface area contributed by atoms with E-state index < -0.39 is 35.5 Å². The van der Waals surface area contributed by atoms with E-state index in [1.807, 2.05) is 13.0 Å². The molecule has 0 aliphatic heterocycles. The molecule has 0 unspecified atom stereocenters. The van der Waals surface area contributed by atoms with Crippen molar-refractivity contribution < 1.29 is 29.3 Å². The van der Waals surface area contributed by atoms with Crippen LogP contribution in [0.25, 0.3) is 0 Å². The minimum Gasteiger partial charge on any atom is -0.451 e. The van der Waals surface area contributed by atoms with Crippen LogP contribution in [0.2, 0.25) is 0 Å². The normalized spacial score (nSPS) is 45.7. The van der Waals surface area contributed by atoms with Gasteiger partial charge in [0.2, 0.25) is 5.78 Å². The van der Waals surface area contributed by atoms with Gasteiger partial charge in [-0.15, -0.1) is 0 Å². The summed E-state index contributed by atoms with van der Waals surface area (Å²) in [5, 5.41) is 21.0. The first-order chi connectivity index (χ1) is 13.6. The highest BCUT2D eigenvalue weighted by molar-refractivity contribution is 6.01. The molecule has 0 radical (unpaired) electrons. The lowest BCUT2D eigenvalue weighted by molar-refractivity contribution is -0.198. The predicted molar refractivity (Wildman–Crippen MR) is 105 cm³/mol. The first kappa shape index (κ1) is 20.5. The Hall–Kier alpha value is -1.79. The van der Waals surface area contributed by atoms with Crippen LogP contribution in [-0.4, -0.2) is 46.1 Å². The molecule has 0 heterocycles. The Bertz CT molecular complexity index is 827. The molecule has 6 nitrogen and oxygen atoms in total. The van der Waals surface area contributed by atoms with Gasteiger partial charge in [-0.1, -0.05) is 25.5 Å². The number of ether oxygens (including phenoxy) is 1. The maximum atomic E-state index is 12.9. The number of allylic oxidation sites excluding steroid dienone is 4. The van der Waals surface area contributed by atoms with Gasteiger partial charge in [0, 0.05) is 23.7 Å². The summed E-state index contributed by atoms with van der Waals surface area (Å²) < 4.78 is 5.67. The van der Waals surface area contributed by atoms with E-state index in [0.717, 1.165) is 18.4 Å². The minimum absolute atomic E-state index is 0.00523. The highest BCUT2D eigenvalue weighted by atomic mass is 16.6. The molecule has 0 spiro atoms. The maximum Gasteiger partial charge on any atom is 0.303 e. The second kappa shape index (κ2) is 6.61. The zero-order valence-corrected chi connectivity index (χ0v) is 17.3. The molecule has 0 saturated heterocycles. The first-order valence-corrected chi connectivity index (χ1v) is 10.5. The van der Waals surface area contributed by atoms with Crippen molar-refractivity contribution in [2.75, 3.05) is 6.61 Å². The van der Waals surface area contributed by atoms with Crippen LogP contribution in [0, 0.1) is 28.6 Å². The van der Waals surface area contributed by atoms with Gasteiger partial charge in [-0.2, -0.15) is 0 Å². The molecule has 0 aromatic rings. The van der Waals surface area contributed by atoms with Crippen molar-refractivity contribution in [2.24, 2.45) is 28.6 Å². The third kappa shape index (κ3) is 2.65. The lowest BCUT2D eigenvalue weighted by atomic mass is 9.46. The van der Waals surface area contributed by atoms with Crippen LogP contribution in [-0.2, 0) is 19.1 Å². The van der Waals surface area contributed by atoms with Crippen molar-refractivity contribution in [3.05, 3.63) is 23.8 Å². The van der Waals surface area contributed by atoms with Crippen LogP contribution in [0.5, 0.6) is 0 Å². The average Bonchev–Trinajstić information content (AvgIpc) is 2.93. The fourth-order valence-electron chi connectivity index (χ4n) is 7.37. The molecule has 7 atom stereocenters. The van der Waals surface area contributed by atoms with E-state index in [9.17, 15) is 24.6 Å². The molecule has 3 saturated carbocycles. The van der Waals surface area contributed by atoms with E-state index in [4.69, 9.17) is 4.74 Å². The average molecular weight is 402 g/mol. The summed E-state index contributed by atoms with van der Waals surface area (Å²) in [4.78, 5) is 36.7. The summed E-state index contributed by atoms with van der Waals surface area (Å²) in [5.41, 5.74) is -1.43. The summed E-state index contributed by atoms with van der Waals surface area (Å²) in [7, 11) is 0. The number of rotatable bonds is 3. The Kier molecular flexibility index (Phi) is 4.67. The lowest BCUT2D eigenvalue weighted by Crippen LogP contribution is -2.62. The van der Waals surface area contributed by atoms with Crippen LogP contribution in [0.15, 0.2) is 23.8 Å². The van der Waals surface area contributed by atoms with Gasteiger partial charge in [0.1, 0.15) is 6.61 Å². The van der Waals surface area contributed by atoms with Gasteiger partial charge < -0.3 is 14.9 Å². The van der Waals surface area contributed by atoms with Crippen LogP contribution in [0.1, 0.15) is 52.9 Å².